The summed E-state index contributed by atoms with van der Waals surface area (Å²) in [5, 5.41) is 11.7. The number of carbonyl (C=O) groups excluding carboxylic acids is 2. The van der Waals surface area contributed by atoms with Crippen LogP contribution in [0.15, 0.2) is 23.4 Å². The molecule has 0 atom stereocenters. The summed E-state index contributed by atoms with van der Waals surface area (Å²) in [6.45, 7) is 4.07. The fraction of sp³-hybridized carbons (Fsp3) is 0.412. The van der Waals surface area contributed by atoms with E-state index in [1.165, 1.54) is 17.3 Å². The number of anilines is 1. The molecule has 1 aromatic carbocycles. The molecule has 132 valence electrons. The standard InChI is InChI=1S/C17H21N5O2S/c1-10-3-6-13(7-11(10)2)19-15(24)9-25-17-21-20-16(12-4-5-12)22(17)8-14(18)23/h3,6-7,12H,4-5,8-9H2,1-2H3,(H2,18,23)(H,19,24). The first-order valence-electron chi connectivity index (χ1n) is 8.15. The van der Waals surface area contributed by atoms with Crippen LogP contribution in [-0.2, 0) is 16.1 Å². The smallest absolute Gasteiger partial charge is 0.237 e. The predicted octanol–water partition coefficient (Wildman–Crippen LogP) is 1.99. The lowest BCUT2D eigenvalue weighted by Gasteiger charge is -2.09. The fourth-order valence-electron chi connectivity index (χ4n) is 2.50. The van der Waals surface area contributed by atoms with Crippen LogP contribution in [0.4, 0.5) is 5.69 Å². The van der Waals surface area contributed by atoms with Crippen LogP contribution in [0.1, 0.15) is 35.7 Å². The summed E-state index contributed by atoms with van der Waals surface area (Å²) in [6.07, 6.45) is 2.10. The second-order valence-electron chi connectivity index (χ2n) is 6.30. The molecule has 25 heavy (non-hydrogen) atoms. The van der Waals surface area contributed by atoms with Crippen molar-refractivity contribution in [3.63, 3.8) is 0 Å². The zero-order valence-corrected chi connectivity index (χ0v) is 15.1. The lowest BCUT2D eigenvalue weighted by Crippen LogP contribution is -2.21. The van der Waals surface area contributed by atoms with Crippen LogP contribution in [0, 0.1) is 13.8 Å². The molecule has 2 aromatic rings. The van der Waals surface area contributed by atoms with Crippen LogP contribution in [-0.4, -0.2) is 32.3 Å². The summed E-state index contributed by atoms with van der Waals surface area (Å²) in [4.78, 5) is 23.5. The highest BCUT2D eigenvalue weighted by molar-refractivity contribution is 7.99. The minimum absolute atomic E-state index is 0.0416. The monoisotopic (exact) mass is 359 g/mol. The number of primary amides is 1. The molecule has 3 rings (SSSR count). The number of rotatable bonds is 7. The van der Waals surface area contributed by atoms with Gasteiger partial charge in [-0.05, 0) is 49.9 Å². The number of nitrogens with one attached hydrogen (secondary N) is 1. The van der Waals surface area contributed by atoms with E-state index >= 15 is 0 Å². The Morgan fingerprint density at radius 1 is 1.28 bits per heavy atom. The summed E-state index contributed by atoms with van der Waals surface area (Å²) < 4.78 is 1.73. The van der Waals surface area contributed by atoms with Crippen LogP contribution in [0.3, 0.4) is 0 Å². The SMILES string of the molecule is Cc1ccc(NC(=O)CSc2nnc(C3CC3)n2CC(N)=O)cc1C. The Morgan fingerprint density at radius 3 is 2.68 bits per heavy atom. The van der Waals surface area contributed by atoms with Gasteiger partial charge in [0, 0.05) is 11.6 Å². The molecule has 8 heteroatoms. The lowest BCUT2D eigenvalue weighted by atomic mass is 10.1. The van der Waals surface area contributed by atoms with E-state index in [1.807, 2.05) is 32.0 Å². The van der Waals surface area contributed by atoms with Gasteiger partial charge in [-0.25, -0.2) is 0 Å². The van der Waals surface area contributed by atoms with E-state index in [2.05, 4.69) is 15.5 Å². The Balaban J connectivity index is 1.63. The van der Waals surface area contributed by atoms with Gasteiger partial charge in [-0.2, -0.15) is 0 Å². The third-order valence-corrected chi connectivity index (χ3v) is 5.09. The maximum Gasteiger partial charge on any atom is 0.237 e. The molecule has 7 nitrogen and oxygen atoms in total. The molecule has 2 amide bonds. The van der Waals surface area contributed by atoms with Gasteiger partial charge in [0.25, 0.3) is 0 Å². The van der Waals surface area contributed by atoms with Gasteiger partial charge in [0.2, 0.25) is 11.8 Å². The molecule has 0 unspecified atom stereocenters. The number of hydrogen-bond acceptors (Lipinski definition) is 5. The molecule has 0 bridgehead atoms. The zero-order valence-electron chi connectivity index (χ0n) is 14.3. The van der Waals surface area contributed by atoms with Gasteiger partial charge in [-0.15, -0.1) is 10.2 Å². The highest BCUT2D eigenvalue weighted by Crippen LogP contribution is 2.40. The number of nitrogens with zero attached hydrogens (tertiary/aromatic N) is 3. The van der Waals surface area contributed by atoms with Crippen molar-refractivity contribution >= 4 is 29.3 Å². The summed E-state index contributed by atoms with van der Waals surface area (Å²) in [5.74, 6) is 0.758. The molecular weight excluding hydrogens is 338 g/mol. The summed E-state index contributed by atoms with van der Waals surface area (Å²) in [6, 6.07) is 5.80. The van der Waals surface area contributed by atoms with Gasteiger partial charge in [-0.3, -0.25) is 14.2 Å². The molecule has 3 N–H and O–H groups in total. The minimum Gasteiger partial charge on any atom is -0.368 e. The average Bonchev–Trinajstić information content (AvgIpc) is 3.31. The Labute approximate surface area is 150 Å². The Kier molecular flexibility index (Phi) is 5.08. The highest BCUT2D eigenvalue weighted by Gasteiger charge is 2.31. The predicted molar refractivity (Wildman–Crippen MR) is 96.5 cm³/mol. The number of carbonyl (C=O) groups is 2. The summed E-state index contributed by atoms with van der Waals surface area (Å²) >= 11 is 1.26. The van der Waals surface area contributed by atoms with Crippen LogP contribution < -0.4 is 11.1 Å². The van der Waals surface area contributed by atoms with E-state index in [4.69, 9.17) is 5.73 Å². The van der Waals surface area contributed by atoms with E-state index in [0.29, 0.717) is 11.1 Å². The second-order valence-corrected chi connectivity index (χ2v) is 7.25. The molecule has 1 heterocycles. The lowest BCUT2D eigenvalue weighted by molar-refractivity contribution is -0.118. The largest absolute Gasteiger partial charge is 0.368 e. The van der Waals surface area contributed by atoms with Crippen molar-refractivity contribution in [2.45, 2.75) is 44.3 Å². The number of thioether (sulfide) groups is 1. The van der Waals surface area contributed by atoms with Crippen molar-refractivity contribution in [1.82, 2.24) is 14.8 Å². The van der Waals surface area contributed by atoms with E-state index in [9.17, 15) is 9.59 Å². The molecule has 1 saturated carbocycles. The number of benzene rings is 1. The van der Waals surface area contributed by atoms with Crippen LogP contribution in [0.5, 0.6) is 0 Å². The molecule has 1 aliphatic carbocycles. The van der Waals surface area contributed by atoms with Crippen molar-refractivity contribution in [3.05, 3.63) is 35.2 Å². The Hall–Kier alpha value is -2.35. The fourth-order valence-corrected chi connectivity index (χ4v) is 3.25. The van der Waals surface area contributed by atoms with Gasteiger partial charge in [-0.1, -0.05) is 17.8 Å². The second kappa shape index (κ2) is 7.26. The quantitative estimate of drug-likeness (QED) is 0.736. The van der Waals surface area contributed by atoms with Gasteiger partial charge >= 0.3 is 0 Å². The first-order chi connectivity index (χ1) is 11.9. The molecule has 1 aliphatic rings. The molecule has 1 aromatic heterocycles. The van der Waals surface area contributed by atoms with Gasteiger partial charge < -0.3 is 11.1 Å². The number of hydrogen-bond donors (Lipinski definition) is 2. The molecule has 0 spiro atoms. The van der Waals surface area contributed by atoms with E-state index in [1.54, 1.807) is 4.57 Å². The topological polar surface area (TPSA) is 103 Å². The molecule has 0 saturated heterocycles. The number of aromatic nitrogens is 3. The van der Waals surface area contributed by atoms with Crippen LogP contribution >= 0.6 is 11.8 Å². The van der Waals surface area contributed by atoms with Crippen LogP contribution in [0.25, 0.3) is 0 Å². The van der Waals surface area contributed by atoms with E-state index in [-0.39, 0.29) is 18.2 Å². The minimum atomic E-state index is -0.442. The van der Waals surface area contributed by atoms with Crippen molar-refractivity contribution in [2.24, 2.45) is 5.73 Å². The molecule has 0 aliphatic heterocycles. The maximum absolute atomic E-state index is 12.2. The van der Waals surface area contributed by atoms with Crippen molar-refractivity contribution in [2.75, 3.05) is 11.1 Å². The first-order valence-corrected chi connectivity index (χ1v) is 9.14. The molecule has 1 fully saturated rings. The molecular formula is C17H21N5O2S. The highest BCUT2D eigenvalue weighted by atomic mass is 32.2. The average molecular weight is 359 g/mol. The maximum atomic E-state index is 12.2. The number of amides is 2. The number of aryl methyl sites for hydroxylation is 2. The molecule has 0 radical (unpaired) electrons. The number of nitrogens with two attached hydrogens (primary N) is 1. The van der Waals surface area contributed by atoms with Crippen molar-refractivity contribution in [1.29, 1.82) is 0 Å². The van der Waals surface area contributed by atoms with Gasteiger partial charge in [0.1, 0.15) is 12.4 Å². The first kappa shape index (κ1) is 17.5. The Morgan fingerprint density at radius 2 is 2.04 bits per heavy atom. The third kappa shape index (κ3) is 4.39. The van der Waals surface area contributed by atoms with Gasteiger partial charge in [0.05, 0.1) is 5.75 Å². The Bertz CT molecular complexity index is 813. The van der Waals surface area contributed by atoms with Crippen molar-refractivity contribution < 1.29 is 9.59 Å². The third-order valence-electron chi connectivity index (χ3n) is 4.12. The normalized spacial score (nSPS) is 13.7. The van der Waals surface area contributed by atoms with Crippen molar-refractivity contribution in [3.8, 4) is 0 Å². The van der Waals surface area contributed by atoms with E-state index < -0.39 is 5.91 Å². The van der Waals surface area contributed by atoms with E-state index in [0.717, 1.165) is 29.9 Å². The summed E-state index contributed by atoms with van der Waals surface area (Å²) in [5.41, 5.74) is 8.40. The summed E-state index contributed by atoms with van der Waals surface area (Å²) in [7, 11) is 0. The van der Waals surface area contributed by atoms with Gasteiger partial charge in [0.15, 0.2) is 5.16 Å². The zero-order chi connectivity index (χ0) is 18.0. The van der Waals surface area contributed by atoms with Crippen LogP contribution in [0.2, 0.25) is 0 Å².